The Hall–Kier alpha value is -3.39. The average Bonchev–Trinajstić information content (AvgIpc) is 2.71. The maximum Gasteiger partial charge on any atom is 0.408 e. The van der Waals surface area contributed by atoms with Crippen LogP contribution in [-0.4, -0.2) is 35.3 Å². The minimum Gasteiger partial charge on any atom is -0.457 e. The topological polar surface area (TPSA) is 114 Å². The highest BCUT2D eigenvalue weighted by Gasteiger charge is 2.23. The van der Waals surface area contributed by atoms with E-state index in [9.17, 15) is 19.5 Å². The molecule has 8 nitrogen and oxygen atoms in total. The molecule has 2 rings (SSSR count). The van der Waals surface area contributed by atoms with Crippen molar-refractivity contribution in [3.05, 3.63) is 71.8 Å². The standard InChI is InChI=1S/C20H22N2O6/c1-14(21-20(26)28-13-16-10-6-3-7-11-16)17(23)22-18(24)19(25)27-12-15-8-4-2-5-9-15/h2-11,14,18,24H,12-13H2,1H3,(H,21,26)(H,22,23)/t14-,18?/m0/s1. The van der Waals surface area contributed by atoms with E-state index in [0.29, 0.717) is 0 Å². The summed E-state index contributed by atoms with van der Waals surface area (Å²) in [4.78, 5) is 35.5. The Morgan fingerprint density at radius 3 is 1.89 bits per heavy atom. The summed E-state index contributed by atoms with van der Waals surface area (Å²) in [5, 5.41) is 14.1. The molecule has 8 heteroatoms. The average molecular weight is 386 g/mol. The molecule has 0 aliphatic heterocycles. The molecule has 0 fully saturated rings. The van der Waals surface area contributed by atoms with Crippen LogP contribution in [0.5, 0.6) is 0 Å². The molecule has 0 saturated carbocycles. The first-order valence-electron chi connectivity index (χ1n) is 8.62. The zero-order valence-electron chi connectivity index (χ0n) is 15.3. The molecule has 0 spiro atoms. The van der Waals surface area contributed by atoms with Crippen LogP contribution >= 0.6 is 0 Å². The van der Waals surface area contributed by atoms with Crippen molar-refractivity contribution in [2.45, 2.75) is 32.4 Å². The Kier molecular flexibility index (Phi) is 7.98. The van der Waals surface area contributed by atoms with E-state index in [-0.39, 0.29) is 13.2 Å². The third-order valence-electron chi connectivity index (χ3n) is 3.67. The maximum absolute atomic E-state index is 12.0. The van der Waals surface area contributed by atoms with Gasteiger partial charge in [0, 0.05) is 0 Å². The molecule has 0 saturated heterocycles. The fraction of sp³-hybridized carbons (Fsp3) is 0.250. The molecule has 0 bridgehead atoms. The molecule has 2 amide bonds. The third kappa shape index (κ3) is 7.08. The first-order chi connectivity index (χ1) is 13.5. The number of rotatable bonds is 8. The van der Waals surface area contributed by atoms with Gasteiger partial charge in [-0.05, 0) is 18.1 Å². The summed E-state index contributed by atoms with van der Waals surface area (Å²) < 4.78 is 9.93. The lowest BCUT2D eigenvalue weighted by Gasteiger charge is -2.17. The second-order valence-corrected chi connectivity index (χ2v) is 5.93. The van der Waals surface area contributed by atoms with Crippen LogP contribution < -0.4 is 10.6 Å². The molecule has 0 heterocycles. The van der Waals surface area contributed by atoms with Gasteiger partial charge in [0.1, 0.15) is 19.3 Å². The molecule has 1 unspecified atom stereocenters. The van der Waals surface area contributed by atoms with Gasteiger partial charge in [0.05, 0.1) is 0 Å². The summed E-state index contributed by atoms with van der Waals surface area (Å²) in [6, 6.07) is 16.9. The molecule has 0 aliphatic carbocycles. The minimum atomic E-state index is -1.85. The van der Waals surface area contributed by atoms with E-state index in [1.54, 1.807) is 36.4 Å². The number of carbonyl (C=O) groups excluding carboxylic acids is 3. The van der Waals surface area contributed by atoms with Gasteiger partial charge >= 0.3 is 12.1 Å². The minimum absolute atomic E-state index is 0.0355. The smallest absolute Gasteiger partial charge is 0.408 e. The number of aliphatic hydroxyl groups excluding tert-OH is 1. The van der Waals surface area contributed by atoms with Gasteiger partial charge in [-0.3, -0.25) is 4.79 Å². The number of carbonyl (C=O) groups is 3. The van der Waals surface area contributed by atoms with Crippen molar-refractivity contribution >= 4 is 18.0 Å². The number of aliphatic hydroxyl groups is 1. The highest BCUT2D eigenvalue weighted by Crippen LogP contribution is 2.02. The largest absolute Gasteiger partial charge is 0.457 e. The van der Waals surface area contributed by atoms with E-state index in [0.717, 1.165) is 11.1 Å². The van der Waals surface area contributed by atoms with Crippen LogP contribution in [0.2, 0.25) is 0 Å². The highest BCUT2D eigenvalue weighted by atomic mass is 16.6. The molecule has 3 N–H and O–H groups in total. The van der Waals surface area contributed by atoms with Gasteiger partial charge in [0.2, 0.25) is 12.1 Å². The first-order valence-corrected chi connectivity index (χ1v) is 8.62. The van der Waals surface area contributed by atoms with Gasteiger partial charge in [-0.2, -0.15) is 0 Å². The quantitative estimate of drug-likeness (QED) is 0.468. The van der Waals surface area contributed by atoms with Crippen LogP contribution in [0.25, 0.3) is 0 Å². The predicted octanol–water partition coefficient (Wildman–Crippen LogP) is 1.48. The van der Waals surface area contributed by atoms with Crippen LogP contribution in [-0.2, 0) is 32.3 Å². The van der Waals surface area contributed by atoms with Crippen molar-refractivity contribution in [1.82, 2.24) is 10.6 Å². The normalized spacial score (nSPS) is 12.4. The predicted molar refractivity (Wildman–Crippen MR) is 99.6 cm³/mol. The van der Waals surface area contributed by atoms with Crippen molar-refractivity contribution in [3.63, 3.8) is 0 Å². The van der Waals surface area contributed by atoms with Crippen molar-refractivity contribution in [3.8, 4) is 0 Å². The fourth-order valence-corrected chi connectivity index (χ4v) is 2.13. The Labute approximate surface area is 162 Å². The van der Waals surface area contributed by atoms with E-state index >= 15 is 0 Å². The number of hydrogen-bond acceptors (Lipinski definition) is 6. The Bertz CT molecular complexity index is 782. The SMILES string of the molecule is C[C@H](NC(=O)OCc1ccccc1)C(=O)NC(O)C(=O)OCc1ccccc1. The van der Waals surface area contributed by atoms with Gasteiger partial charge in [0.15, 0.2) is 0 Å². The Morgan fingerprint density at radius 1 is 0.857 bits per heavy atom. The van der Waals surface area contributed by atoms with E-state index < -0.39 is 30.2 Å². The Balaban J connectivity index is 1.71. The Morgan fingerprint density at radius 2 is 1.36 bits per heavy atom. The van der Waals surface area contributed by atoms with Gasteiger partial charge in [-0.25, -0.2) is 9.59 Å². The molecular formula is C20H22N2O6. The van der Waals surface area contributed by atoms with Crippen LogP contribution in [0.1, 0.15) is 18.1 Å². The molecule has 0 aromatic heterocycles. The molecule has 0 aliphatic rings. The second kappa shape index (κ2) is 10.7. The van der Waals surface area contributed by atoms with E-state index in [4.69, 9.17) is 9.47 Å². The van der Waals surface area contributed by atoms with Gasteiger partial charge in [-0.15, -0.1) is 0 Å². The fourth-order valence-electron chi connectivity index (χ4n) is 2.13. The number of benzene rings is 2. The molecule has 0 radical (unpaired) electrons. The summed E-state index contributed by atoms with van der Waals surface area (Å²) in [6.45, 7) is 1.41. The molecule has 28 heavy (non-hydrogen) atoms. The lowest BCUT2D eigenvalue weighted by atomic mass is 10.2. The number of ether oxygens (including phenoxy) is 2. The zero-order valence-corrected chi connectivity index (χ0v) is 15.3. The monoisotopic (exact) mass is 386 g/mol. The zero-order chi connectivity index (χ0) is 20.4. The number of amides is 2. The number of esters is 1. The van der Waals surface area contributed by atoms with Crippen molar-refractivity contribution in [2.24, 2.45) is 0 Å². The van der Waals surface area contributed by atoms with Gasteiger partial charge in [0.25, 0.3) is 0 Å². The second-order valence-electron chi connectivity index (χ2n) is 5.93. The third-order valence-corrected chi connectivity index (χ3v) is 3.67. The molecular weight excluding hydrogens is 364 g/mol. The number of hydrogen-bond donors (Lipinski definition) is 3. The summed E-state index contributed by atoms with van der Waals surface area (Å²) in [5.41, 5.74) is 1.54. The summed E-state index contributed by atoms with van der Waals surface area (Å²) in [7, 11) is 0. The lowest BCUT2D eigenvalue weighted by Crippen LogP contribution is -2.50. The van der Waals surface area contributed by atoms with Crippen LogP contribution in [0.15, 0.2) is 60.7 Å². The van der Waals surface area contributed by atoms with Crippen LogP contribution in [0.3, 0.4) is 0 Å². The van der Waals surface area contributed by atoms with Gasteiger partial charge in [-0.1, -0.05) is 60.7 Å². The highest BCUT2D eigenvalue weighted by molar-refractivity contribution is 5.88. The molecule has 148 valence electrons. The van der Waals surface area contributed by atoms with Crippen LogP contribution in [0.4, 0.5) is 4.79 Å². The molecule has 2 aromatic rings. The van der Waals surface area contributed by atoms with Crippen molar-refractivity contribution < 1.29 is 29.0 Å². The van der Waals surface area contributed by atoms with E-state index in [1.807, 2.05) is 24.3 Å². The van der Waals surface area contributed by atoms with Gasteiger partial charge < -0.3 is 25.2 Å². The summed E-state index contributed by atoms with van der Waals surface area (Å²) in [6.07, 6.45) is -2.64. The first kappa shape index (κ1) is 20.9. The summed E-state index contributed by atoms with van der Waals surface area (Å²) >= 11 is 0. The van der Waals surface area contributed by atoms with Crippen molar-refractivity contribution in [2.75, 3.05) is 0 Å². The number of nitrogens with one attached hydrogen (secondary N) is 2. The number of alkyl carbamates (subject to hydrolysis) is 1. The maximum atomic E-state index is 12.0. The lowest BCUT2D eigenvalue weighted by molar-refractivity contribution is -0.159. The van der Waals surface area contributed by atoms with Crippen LogP contribution in [0, 0.1) is 0 Å². The van der Waals surface area contributed by atoms with Crippen molar-refractivity contribution in [1.29, 1.82) is 0 Å². The molecule has 2 aromatic carbocycles. The van der Waals surface area contributed by atoms with E-state index in [2.05, 4.69) is 10.6 Å². The van der Waals surface area contributed by atoms with E-state index in [1.165, 1.54) is 6.92 Å². The summed E-state index contributed by atoms with van der Waals surface area (Å²) in [5.74, 6) is -1.77. The molecule has 2 atom stereocenters.